The van der Waals surface area contributed by atoms with E-state index in [1.54, 1.807) is 0 Å². The van der Waals surface area contributed by atoms with Crippen molar-refractivity contribution in [3.05, 3.63) is 0 Å². The third-order valence-corrected chi connectivity index (χ3v) is 3.90. The van der Waals surface area contributed by atoms with Crippen LogP contribution in [0.1, 0.15) is 44.9 Å². The Hall–Kier alpha value is -0.0400. The first-order valence-electron chi connectivity index (χ1n) is 5.57. The first-order chi connectivity index (χ1) is 5.90. The van der Waals surface area contributed by atoms with Crippen LogP contribution in [-0.4, -0.2) is 13.1 Å². The van der Waals surface area contributed by atoms with E-state index >= 15 is 0 Å². The summed E-state index contributed by atoms with van der Waals surface area (Å²) in [5.41, 5.74) is 0. The van der Waals surface area contributed by atoms with Gasteiger partial charge in [0.25, 0.3) is 0 Å². The Morgan fingerprint density at radius 2 is 1.58 bits per heavy atom. The number of rotatable bonds is 2. The van der Waals surface area contributed by atoms with Gasteiger partial charge in [-0.1, -0.05) is 32.1 Å². The van der Waals surface area contributed by atoms with Crippen molar-refractivity contribution in [1.82, 2.24) is 5.32 Å². The Labute approximate surface area is 75.9 Å². The van der Waals surface area contributed by atoms with Crippen LogP contribution in [0.15, 0.2) is 0 Å². The maximum absolute atomic E-state index is 3.37. The first kappa shape index (κ1) is 8.55. The van der Waals surface area contributed by atoms with Gasteiger partial charge in [0, 0.05) is 6.04 Å². The average molecular weight is 167 g/mol. The lowest BCUT2D eigenvalue weighted by atomic mass is 9.68. The van der Waals surface area contributed by atoms with Crippen LogP contribution >= 0.6 is 0 Å². The lowest BCUT2D eigenvalue weighted by Gasteiger charge is -2.42. The minimum absolute atomic E-state index is 0.858. The van der Waals surface area contributed by atoms with Crippen LogP contribution in [-0.2, 0) is 0 Å². The molecule has 2 aliphatic rings. The molecule has 2 aliphatic carbocycles. The molecule has 0 aliphatic heterocycles. The molecule has 2 saturated carbocycles. The summed E-state index contributed by atoms with van der Waals surface area (Å²) in [5, 5.41) is 3.37. The molecule has 0 aromatic rings. The molecule has 70 valence electrons. The zero-order valence-electron chi connectivity index (χ0n) is 8.18. The summed E-state index contributed by atoms with van der Waals surface area (Å²) in [6.07, 6.45) is 10.5. The van der Waals surface area contributed by atoms with Crippen LogP contribution < -0.4 is 5.32 Å². The summed E-state index contributed by atoms with van der Waals surface area (Å²) in [5.74, 6) is 2.19. The van der Waals surface area contributed by atoms with Crippen molar-refractivity contribution >= 4 is 0 Å². The van der Waals surface area contributed by atoms with E-state index in [-0.39, 0.29) is 0 Å². The van der Waals surface area contributed by atoms with Crippen molar-refractivity contribution in [3.63, 3.8) is 0 Å². The van der Waals surface area contributed by atoms with E-state index in [2.05, 4.69) is 12.4 Å². The molecular weight excluding hydrogens is 146 g/mol. The Morgan fingerprint density at radius 1 is 0.917 bits per heavy atom. The number of hydrogen-bond acceptors (Lipinski definition) is 1. The van der Waals surface area contributed by atoms with Gasteiger partial charge in [-0.15, -0.1) is 0 Å². The van der Waals surface area contributed by atoms with Gasteiger partial charge in [0.1, 0.15) is 0 Å². The van der Waals surface area contributed by atoms with E-state index in [1.165, 1.54) is 44.9 Å². The summed E-state index contributed by atoms with van der Waals surface area (Å²) in [6, 6.07) is 0.858. The molecule has 0 unspecified atom stereocenters. The standard InChI is InChI=1S/C11H21N/c1-12-11-7-10(8-11)9-5-3-2-4-6-9/h9-12H,2-8H2,1H3. The van der Waals surface area contributed by atoms with Crippen molar-refractivity contribution in [3.8, 4) is 0 Å². The molecule has 0 radical (unpaired) electrons. The molecular formula is C11H21N. The third-order valence-electron chi connectivity index (χ3n) is 3.90. The van der Waals surface area contributed by atoms with Crippen LogP contribution in [0.5, 0.6) is 0 Å². The van der Waals surface area contributed by atoms with Gasteiger partial charge in [0.15, 0.2) is 0 Å². The van der Waals surface area contributed by atoms with Crippen LogP contribution in [0.2, 0.25) is 0 Å². The normalized spacial score (nSPS) is 37.8. The Bertz CT molecular complexity index is 132. The van der Waals surface area contributed by atoms with Gasteiger partial charge in [-0.05, 0) is 31.7 Å². The van der Waals surface area contributed by atoms with Crippen LogP contribution in [0, 0.1) is 11.8 Å². The maximum atomic E-state index is 3.37. The van der Waals surface area contributed by atoms with Gasteiger partial charge in [-0.2, -0.15) is 0 Å². The lowest BCUT2D eigenvalue weighted by molar-refractivity contribution is 0.124. The highest BCUT2D eigenvalue weighted by Gasteiger charge is 2.34. The second kappa shape index (κ2) is 3.78. The summed E-state index contributed by atoms with van der Waals surface area (Å²) in [4.78, 5) is 0. The summed E-state index contributed by atoms with van der Waals surface area (Å²) in [6.45, 7) is 0. The smallest absolute Gasteiger partial charge is 0.00695 e. The Kier molecular flexibility index (Phi) is 2.69. The molecule has 0 saturated heterocycles. The third kappa shape index (κ3) is 1.66. The zero-order valence-corrected chi connectivity index (χ0v) is 8.18. The molecule has 1 nitrogen and oxygen atoms in total. The minimum Gasteiger partial charge on any atom is -0.317 e. The molecule has 0 atom stereocenters. The highest BCUT2D eigenvalue weighted by Crippen LogP contribution is 2.40. The SMILES string of the molecule is CNC1CC(C2CCCCC2)C1. The Balaban J connectivity index is 1.72. The van der Waals surface area contributed by atoms with Crippen molar-refractivity contribution < 1.29 is 0 Å². The van der Waals surface area contributed by atoms with E-state index in [0.717, 1.165) is 17.9 Å². The maximum Gasteiger partial charge on any atom is 0.00695 e. The molecule has 0 heterocycles. The molecule has 0 bridgehead atoms. The van der Waals surface area contributed by atoms with Gasteiger partial charge in [0.05, 0.1) is 0 Å². The lowest BCUT2D eigenvalue weighted by Crippen LogP contribution is -2.42. The Morgan fingerprint density at radius 3 is 2.17 bits per heavy atom. The van der Waals surface area contributed by atoms with Crippen molar-refractivity contribution in [2.24, 2.45) is 11.8 Å². The number of nitrogens with one attached hydrogen (secondary N) is 1. The van der Waals surface area contributed by atoms with Crippen LogP contribution in [0.3, 0.4) is 0 Å². The van der Waals surface area contributed by atoms with Crippen molar-refractivity contribution in [1.29, 1.82) is 0 Å². The fraction of sp³-hybridized carbons (Fsp3) is 1.00. The average Bonchev–Trinajstić information content (AvgIpc) is 2.04. The molecule has 2 rings (SSSR count). The molecule has 0 aromatic carbocycles. The van der Waals surface area contributed by atoms with E-state index in [0.29, 0.717) is 0 Å². The van der Waals surface area contributed by atoms with Gasteiger partial charge < -0.3 is 5.32 Å². The quantitative estimate of drug-likeness (QED) is 0.666. The largest absolute Gasteiger partial charge is 0.317 e. The fourth-order valence-corrected chi connectivity index (χ4v) is 2.89. The molecule has 1 heteroatoms. The van der Waals surface area contributed by atoms with Crippen LogP contribution in [0.4, 0.5) is 0 Å². The van der Waals surface area contributed by atoms with Crippen LogP contribution in [0.25, 0.3) is 0 Å². The predicted octanol–water partition coefficient (Wildman–Crippen LogP) is 2.56. The minimum atomic E-state index is 0.858. The summed E-state index contributed by atoms with van der Waals surface area (Å²) >= 11 is 0. The van der Waals surface area contributed by atoms with Gasteiger partial charge in [-0.3, -0.25) is 0 Å². The fourth-order valence-electron chi connectivity index (χ4n) is 2.89. The van der Waals surface area contributed by atoms with Gasteiger partial charge in [0.2, 0.25) is 0 Å². The molecule has 12 heavy (non-hydrogen) atoms. The second-order valence-corrected chi connectivity index (χ2v) is 4.62. The van der Waals surface area contributed by atoms with Crippen molar-refractivity contribution in [2.45, 2.75) is 51.0 Å². The van der Waals surface area contributed by atoms with E-state index < -0.39 is 0 Å². The number of hydrogen-bond donors (Lipinski definition) is 1. The molecule has 0 amide bonds. The van der Waals surface area contributed by atoms with E-state index in [4.69, 9.17) is 0 Å². The predicted molar refractivity (Wildman–Crippen MR) is 52.1 cm³/mol. The van der Waals surface area contributed by atoms with Crippen molar-refractivity contribution in [2.75, 3.05) is 7.05 Å². The molecule has 0 spiro atoms. The van der Waals surface area contributed by atoms with E-state index in [9.17, 15) is 0 Å². The van der Waals surface area contributed by atoms with Gasteiger partial charge >= 0.3 is 0 Å². The summed E-state index contributed by atoms with van der Waals surface area (Å²) in [7, 11) is 2.10. The molecule has 0 aromatic heterocycles. The monoisotopic (exact) mass is 167 g/mol. The summed E-state index contributed by atoms with van der Waals surface area (Å²) < 4.78 is 0. The second-order valence-electron chi connectivity index (χ2n) is 4.62. The molecule has 1 N–H and O–H groups in total. The highest BCUT2D eigenvalue weighted by atomic mass is 14.9. The zero-order chi connectivity index (χ0) is 8.39. The first-order valence-corrected chi connectivity index (χ1v) is 5.57. The van der Waals surface area contributed by atoms with Gasteiger partial charge in [-0.25, -0.2) is 0 Å². The highest BCUT2D eigenvalue weighted by molar-refractivity contribution is 4.88. The molecule has 2 fully saturated rings. The topological polar surface area (TPSA) is 12.0 Å². The van der Waals surface area contributed by atoms with E-state index in [1.807, 2.05) is 0 Å².